The molecule has 15 rings (SSSR count). The fourth-order valence-electron chi connectivity index (χ4n) is 12.5. The number of fused-ring (bicyclic) bond motifs is 16. The van der Waals surface area contributed by atoms with Crippen LogP contribution >= 0.6 is 11.3 Å². The van der Waals surface area contributed by atoms with Crippen molar-refractivity contribution in [1.82, 2.24) is 0 Å². The lowest BCUT2D eigenvalue weighted by molar-refractivity contribution is 0.447. The average Bonchev–Trinajstić information content (AvgIpc) is 3.97. The number of hydrogen-bond donors (Lipinski definition) is 0. The number of ether oxygens (including phenoxy) is 1. The summed E-state index contributed by atoms with van der Waals surface area (Å²) in [5, 5.41) is 7.23. The van der Waals surface area contributed by atoms with E-state index in [9.17, 15) is 0 Å². The van der Waals surface area contributed by atoms with Gasteiger partial charge >= 0.3 is 0 Å². The molecule has 2 heterocycles. The van der Waals surface area contributed by atoms with E-state index in [1.54, 1.807) is 0 Å². The molecule has 0 bridgehead atoms. The number of thiophene rings is 1. The summed E-state index contributed by atoms with van der Waals surface area (Å²) >= 11 is 1.87. The minimum absolute atomic E-state index is 0.0139. The van der Waals surface area contributed by atoms with Crippen LogP contribution in [0.5, 0.6) is 11.5 Å². The van der Waals surface area contributed by atoms with Gasteiger partial charge in [0.05, 0.1) is 5.41 Å². The standard InChI is InChI=1S/C70H44OS/c1-2-15-45(16-3-1)52-19-8-9-23-58(52)66(49-33-29-44(30-34-49)51-37-40-57-56-22-11-13-28-64(56)72-65(57)43-51)50-35-31-48(32-36-50)53-25-14-27-61-67(53)59-24-10-12-26-60(59)70(61)62-41-38-46-17-4-6-20-54(46)68(62)71-69-55-21-7-5-18-47(55)39-42-63(69)70/h1-43,66H. The summed E-state index contributed by atoms with van der Waals surface area (Å²) in [7, 11) is 0. The minimum atomic E-state index is -0.610. The molecule has 1 spiro atoms. The molecular formula is C70H44OS. The molecule has 336 valence electrons. The van der Waals surface area contributed by atoms with Crippen molar-refractivity contribution >= 4 is 53.1 Å². The summed E-state index contributed by atoms with van der Waals surface area (Å²) in [6, 6.07) is 96.8. The number of benzene rings is 12. The van der Waals surface area contributed by atoms with Gasteiger partial charge in [0, 0.05) is 48.0 Å². The van der Waals surface area contributed by atoms with Gasteiger partial charge in [0.1, 0.15) is 11.5 Å². The molecule has 1 atom stereocenters. The lowest BCUT2D eigenvalue weighted by atomic mass is 9.65. The molecule has 0 saturated carbocycles. The molecule has 2 heteroatoms. The maximum atomic E-state index is 7.24. The normalized spacial score (nSPS) is 13.4. The van der Waals surface area contributed by atoms with Gasteiger partial charge in [0.2, 0.25) is 0 Å². The number of rotatable bonds is 6. The molecule has 1 aliphatic heterocycles. The molecule has 0 amide bonds. The van der Waals surface area contributed by atoms with Gasteiger partial charge in [0.25, 0.3) is 0 Å². The minimum Gasteiger partial charge on any atom is -0.455 e. The molecule has 1 aromatic heterocycles. The van der Waals surface area contributed by atoms with E-state index in [-0.39, 0.29) is 5.92 Å². The van der Waals surface area contributed by atoms with Gasteiger partial charge in [-0.1, -0.05) is 249 Å². The van der Waals surface area contributed by atoms with Crippen molar-refractivity contribution in [3.8, 4) is 56.0 Å². The lowest BCUT2D eigenvalue weighted by Crippen LogP contribution is -2.32. The maximum Gasteiger partial charge on any atom is 0.140 e. The van der Waals surface area contributed by atoms with Crippen LogP contribution in [0.1, 0.15) is 44.9 Å². The van der Waals surface area contributed by atoms with Crippen molar-refractivity contribution < 1.29 is 4.74 Å². The van der Waals surface area contributed by atoms with E-state index in [1.807, 2.05) is 11.3 Å². The molecule has 0 N–H and O–H groups in total. The zero-order valence-electron chi connectivity index (χ0n) is 39.2. The van der Waals surface area contributed by atoms with E-state index >= 15 is 0 Å². The molecule has 2 aliphatic rings. The fraction of sp³-hybridized carbons (Fsp3) is 0.0286. The first kappa shape index (κ1) is 41.0. The van der Waals surface area contributed by atoms with E-state index in [0.29, 0.717) is 0 Å². The average molecular weight is 933 g/mol. The van der Waals surface area contributed by atoms with E-state index in [2.05, 4.69) is 261 Å². The van der Waals surface area contributed by atoms with Crippen LogP contribution < -0.4 is 4.74 Å². The van der Waals surface area contributed by atoms with E-state index < -0.39 is 5.41 Å². The van der Waals surface area contributed by atoms with Crippen LogP contribution in [0.25, 0.3) is 86.2 Å². The van der Waals surface area contributed by atoms with E-state index in [1.165, 1.54) is 114 Å². The summed E-state index contributed by atoms with van der Waals surface area (Å²) in [5.74, 6) is 1.85. The Hall–Kier alpha value is -8.82. The second kappa shape index (κ2) is 16.1. The molecule has 1 aliphatic carbocycles. The van der Waals surface area contributed by atoms with Gasteiger partial charge < -0.3 is 4.74 Å². The highest BCUT2D eigenvalue weighted by Gasteiger charge is 2.52. The first-order valence-corrected chi connectivity index (χ1v) is 25.7. The second-order valence-corrected chi connectivity index (χ2v) is 20.5. The van der Waals surface area contributed by atoms with Crippen molar-refractivity contribution in [3.63, 3.8) is 0 Å². The second-order valence-electron chi connectivity index (χ2n) is 19.4. The topological polar surface area (TPSA) is 9.23 Å². The SMILES string of the molecule is c1ccc(-c2ccccc2C(c2ccc(-c3ccc4c(c3)sc3ccccc34)cc2)c2ccc(-c3cccc4c3-c3ccccc3C43c4ccc5ccccc5c4Oc4c3ccc3ccccc43)cc2)cc1. The van der Waals surface area contributed by atoms with Gasteiger partial charge in [-0.15, -0.1) is 11.3 Å². The maximum absolute atomic E-state index is 7.24. The zero-order valence-corrected chi connectivity index (χ0v) is 40.0. The monoisotopic (exact) mass is 932 g/mol. The van der Waals surface area contributed by atoms with Crippen LogP contribution in [-0.4, -0.2) is 0 Å². The van der Waals surface area contributed by atoms with Crippen molar-refractivity contribution in [3.05, 3.63) is 300 Å². The summed E-state index contributed by atoms with van der Waals surface area (Å²) in [4.78, 5) is 0. The Bertz CT molecular complexity index is 4210. The van der Waals surface area contributed by atoms with Crippen molar-refractivity contribution in [2.45, 2.75) is 11.3 Å². The van der Waals surface area contributed by atoms with Crippen LogP contribution in [0.2, 0.25) is 0 Å². The molecule has 0 saturated heterocycles. The Morgan fingerprint density at radius 1 is 0.319 bits per heavy atom. The molecule has 12 aromatic carbocycles. The molecule has 1 nitrogen and oxygen atoms in total. The van der Waals surface area contributed by atoms with Gasteiger partial charge in [-0.3, -0.25) is 0 Å². The Morgan fingerprint density at radius 2 is 0.847 bits per heavy atom. The Kier molecular flexibility index (Phi) is 9.18. The van der Waals surface area contributed by atoms with Crippen LogP contribution in [0.3, 0.4) is 0 Å². The van der Waals surface area contributed by atoms with Gasteiger partial charge in [-0.2, -0.15) is 0 Å². The third-order valence-electron chi connectivity index (χ3n) is 15.7. The Labute approximate surface area is 422 Å². The molecule has 13 aromatic rings. The van der Waals surface area contributed by atoms with Crippen LogP contribution in [0.4, 0.5) is 0 Å². The zero-order chi connectivity index (χ0) is 47.3. The summed E-state index contributed by atoms with van der Waals surface area (Å²) in [5.41, 5.74) is 17.9. The van der Waals surface area contributed by atoms with Crippen LogP contribution in [0, 0.1) is 0 Å². The smallest absolute Gasteiger partial charge is 0.140 e. The largest absolute Gasteiger partial charge is 0.455 e. The predicted octanol–water partition coefficient (Wildman–Crippen LogP) is 19.0. The van der Waals surface area contributed by atoms with Crippen molar-refractivity contribution in [2.75, 3.05) is 0 Å². The first-order valence-electron chi connectivity index (χ1n) is 24.9. The molecule has 0 radical (unpaired) electrons. The third-order valence-corrected chi connectivity index (χ3v) is 16.8. The molecule has 1 unspecified atom stereocenters. The highest BCUT2D eigenvalue weighted by molar-refractivity contribution is 7.25. The highest BCUT2D eigenvalue weighted by atomic mass is 32.1. The first-order chi connectivity index (χ1) is 35.7. The van der Waals surface area contributed by atoms with Crippen molar-refractivity contribution in [2.24, 2.45) is 0 Å². The molecular weight excluding hydrogens is 889 g/mol. The summed E-state index contributed by atoms with van der Waals surface area (Å²) in [6.45, 7) is 0. The summed E-state index contributed by atoms with van der Waals surface area (Å²) in [6.07, 6.45) is 0. The van der Waals surface area contributed by atoms with Gasteiger partial charge in [-0.05, 0) is 95.2 Å². The fourth-order valence-corrected chi connectivity index (χ4v) is 13.6. The van der Waals surface area contributed by atoms with Crippen LogP contribution in [0.15, 0.2) is 261 Å². The van der Waals surface area contributed by atoms with Gasteiger partial charge in [-0.25, -0.2) is 0 Å². The lowest BCUT2D eigenvalue weighted by Gasteiger charge is -2.40. The summed E-state index contributed by atoms with van der Waals surface area (Å²) < 4.78 is 9.88. The van der Waals surface area contributed by atoms with E-state index in [4.69, 9.17) is 4.74 Å². The highest BCUT2D eigenvalue weighted by Crippen LogP contribution is 2.65. The molecule has 72 heavy (non-hydrogen) atoms. The van der Waals surface area contributed by atoms with Crippen LogP contribution in [-0.2, 0) is 5.41 Å². The Morgan fingerprint density at radius 3 is 1.57 bits per heavy atom. The number of hydrogen-bond acceptors (Lipinski definition) is 2. The van der Waals surface area contributed by atoms with E-state index in [0.717, 1.165) is 22.3 Å². The quantitative estimate of drug-likeness (QED) is 0.151. The molecule has 0 fully saturated rings. The predicted molar refractivity (Wildman–Crippen MR) is 302 cm³/mol. The third kappa shape index (κ3) is 6.06. The Balaban J connectivity index is 0.887. The van der Waals surface area contributed by atoms with Gasteiger partial charge in [0.15, 0.2) is 0 Å². The van der Waals surface area contributed by atoms with Crippen molar-refractivity contribution in [1.29, 1.82) is 0 Å².